The molecular weight excluding hydrogens is 198 g/mol. The molecule has 0 aliphatic rings. The van der Waals surface area contributed by atoms with Gasteiger partial charge in [-0.15, -0.1) is 0 Å². The molecule has 0 aliphatic heterocycles. The van der Waals surface area contributed by atoms with Crippen LogP contribution in [0.4, 0.5) is 0 Å². The molecule has 0 amide bonds. The largest absolute Gasteiger partial charge is 0.480 e. The average Bonchev–Trinajstić information content (AvgIpc) is 1.77. The summed E-state index contributed by atoms with van der Waals surface area (Å²) in [6, 6.07) is 0. The highest BCUT2D eigenvalue weighted by Gasteiger charge is 2.35. The molecule has 0 saturated carbocycles. The Morgan fingerprint density at radius 1 is 1.08 bits per heavy atom. The second-order valence-electron chi connectivity index (χ2n) is 5.32. The quantitative estimate of drug-likeness (QED) is 0.736. The van der Waals surface area contributed by atoms with E-state index < -0.39 is 22.4 Å². The third-order valence-corrected chi connectivity index (χ3v) is 9.49. The third-order valence-electron chi connectivity index (χ3n) is 1.91. The van der Waals surface area contributed by atoms with Crippen LogP contribution in [0.1, 0.15) is 0 Å². The highest BCUT2D eigenvalue weighted by Crippen LogP contribution is 2.18. The topological polar surface area (TPSA) is 40.5 Å². The summed E-state index contributed by atoms with van der Waals surface area (Å²) in [6.45, 7) is 13.4. The van der Waals surface area contributed by atoms with Gasteiger partial charge in [-0.2, -0.15) is 0 Å². The molecule has 0 aromatic carbocycles. The fourth-order valence-electron chi connectivity index (χ4n) is 1.62. The molecule has 0 saturated heterocycles. The first kappa shape index (κ1) is 12.9. The van der Waals surface area contributed by atoms with Crippen molar-refractivity contribution in [3.8, 4) is 0 Å². The first-order valence-electron chi connectivity index (χ1n) is 4.54. The van der Waals surface area contributed by atoms with E-state index in [-0.39, 0.29) is 6.54 Å². The Bertz CT molecular complexity index is 179. The molecule has 0 fully saturated rings. The molecule has 0 aliphatic carbocycles. The van der Waals surface area contributed by atoms with Crippen LogP contribution in [0.2, 0.25) is 39.3 Å². The number of hydrogen-bond acceptors (Lipinski definition) is 2. The van der Waals surface area contributed by atoms with Gasteiger partial charge in [0.2, 0.25) is 0 Å². The van der Waals surface area contributed by atoms with E-state index >= 15 is 0 Å². The molecule has 1 N–H and O–H groups in total. The molecular formula is C8H21NO2Si2. The van der Waals surface area contributed by atoms with E-state index in [9.17, 15) is 4.79 Å². The molecule has 0 bridgehead atoms. The van der Waals surface area contributed by atoms with Crippen LogP contribution in [0, 0.1) is 0 Å². The van der Waals surface area contributed by atoms with E-state index in [0.717, 1.165) is 0 Å². The van der Waals surface area contributed by atoms with Crippen molar-refractivity contribution in [2.45, 2.75) is 39.3 Å². The van der Waals surface area contributed by atoms with Gasteiger partial charge in [0.05, 0.1) is 6.54 Å². The third kappa shape index (κ3) is 4.59. The molecule has 0 rings (SSSR count). The lowest BCUT2D eigenvalue weighted by atomic mass is 10.7. The number of nitrogens with zero attached hydrogens (tertiary/aromatic N) is 1. The summed E-state index contributed by atoms with van der Waals surface area (Å²) in [5, 5.41) is 8.81. The van der Waals surface area contributed by atoms with Gasteiger partial charge >= 0.3 is 5.97 Å². The molecule has 0 unspecified atom stereocenters. The van der Waals surface area contributed by atoms with Gasteiger partial charge in [-0.1, -0.05) is 39.3 Å². The zero-order valence-electron chi connectivity index (χ0n) is 9.51. The van der Waals surface area contributed by atoms with Crippen molar-refractivity contribution >= 4 is 22.4 Å². The van der Waals surface area contributed by atoms with Crippen LogP contribution in [0.15, 0.2) is 0 Å². The zero-order chi connectivity index (χ0) is 10.9. The summed E-state index contributed by atoms with van der Waals surface area (Å²) in [4.78, 5) is 10.7. The number of rotatable bonds is 4. The fourth-order valence-corrected chi connectivity index (χ4v) is 10.9. The van der Waals surface area contributed by atoms with E-state index in [2.05, 4.69) is 43.5 Å². The summed E-state index contributed by atoms with van der Waals surface area (Å²) in [5.74, 6) is -0.704. The van der Waals surface area contributed by atoms with Gasteiger partial charge in [0.15, 0.2) is 0 Å². The van der Waals surface area contributed by atoms with Gasteiger partial charge in [-0.3, -0.25) is 4.79 Å². The van der Waals surface area contributed by atoms with Crippen LogP contribution in [-0.4, -0.2) is 38.3 Å². The van der Waals surface area contributed by atoms with E-state index in [4.69, 9.17) is 5.11 Å². The molecule has 13 heavy (non-hydrogen) atoms. The molecule has 5 heteroatoms. The Morgan fingerprint density at radius 2 is 1.38 bits per heavy atom. The van der Waals surface area contributed by atoms with E-state index in [1.54, 1.807) is 0 Å². The Kier molecular flexibility index (Phi) is 3.89. The molecule has 0 heterocycles. The smallest absolute Gasteiger partial charge is 0.316 e. The van der Waals surface area contributed by atoms with Gasteiger partial charge in [-0.25, -0.2) is 0 Å². The SMILES string of the molecule is C[Si](C)(C)N(CC(=O)O)[Si](C)(C)C. The minimum atomic E-state index is -1.47. The summed E-state index contributed by atoms with van der Waals surface area (Å²) in [7, 11) is -2.94. The second kappa shape index (κ2) is 3.93. The minimum Gasteiger partial charge on any atom is -0.480 e. The minimum absolute atomic E-state index is 0.214. The van der Waals surface area contributed by atoms with E-state index in [1.807, 2.05) is 0 Å². The number of aliphatic carboxylic acids is 1. The second-order valence-corrected chi connectivity index (χ2v) is 15.5. The Labute approximate surface area is 82.9 Å². The lowest BCUT2D eigenvalue weighted by Gasteiger charge is -2.42. The Hall–Kier alpha value is -0.136. The maximum absolute atomic E-state index is 10.7. The molecule has 78 valence electrons. The Morgan fingerprint density at radius 3 is 1.46 bits per heavy atom. The summed E-state index contributed by atoms with van der Waals surface area (Å²) >= 11 is 0. The number of carbonyl (C=O) groups is 1. The number of carboxylic acid groups (broad SMARTS) is 1. The Balaban J connectivity index is 4.68. The summed E-state index contributed by atoms with van der Waals surface area (Å²) in [6.07, 6.45) is 0. The van der Waals surface area contributed by atoms with Crippen LogP contribution >= 0.6 is 0 Å². The highest BCUT2D eigenvalue weighted by atomic mass is 28.4. The van der Waals surface area contributed by atoms with Gasteiger partial charge in [-0.05, 0) is 0 Å². The lowest BCUT2D eigenvalue weighted by molar-refractivity contribution is -0.136. The van der Waals surface area contributed by atoms with Crippen molar-refractivity contribution in [2.75, 3.05) is 6.54 Å². The van der Waals surface area contributed by atoms with Crippen molar-refractivity contribution in [1.82, 2.24) is 4.23 Å². The average molecular weight is 219 g/mol. The predicted octanol–water partition coefficient (Wildman–Crippen LogP) is 2.04. The van der Waals surface area contributed by atoms with Crippen LogP contribution in [0.3, 0.4) is 0 Å². The summed E-state index contributed by atoms with van der Waals surface area (Å²) in [5.41, 5.74) is 0. The van der Waals surface area contributed by atoms with Crippen molar-refractivity contribution < 1.29 is 9.90 Å². The summed E-state index contributed by atoms with van der Waals surface area (Å²) < 4.78 is 2.25. The van der Waals surface area contributed by atoms with Crippen LogP contribution in [0.5, 0.6) is 0 Å². The van der Waals surface area contributed by atoms with Gasteiger partial charge in [0.1, 0.15) is 16.5 Å². The molecule has 0 atom stereocenters. The van der Waals surface area contributed by atoms with E-state index in [1.165, 1.54) is 0 Å². The fraction of sp³-hybridized carbons (Fsp3) is 0.875. The standard InChI is InChI=1S/C8H21NO2Si2/c1-12(2,3)9(7-8(10)11)13(4,5)6/h7H2,1-6H3,(H,10,11). The molecule has 3 nitrogen and oxygen atoms in total. The normalized spacial score (nSPS) is 13.5. The first-order chi connectivity index (χ1) is 5.55. The van der Waals surface area contributed by atoms with Crippen molar-refractivity contribution in [2.24, 2.45) is 0 Å². The lowest BCUT2D eigenvalue weighted by Crippen LogP contribution is -2.60. The van der Waals surface area contributed by atoms with Crippen molar-refractivity contribution in [3.63, 3.8) is 0 Å². The number of hydrogen-bond donors (Lipinski definition) is 1. The first-order valence-corrected chi connectivity index (χ1v) is 11.4. The zero-order valence-corrected chi connectivity index (χ0v) is 11.5. The van der Waals surface area contributed by atoms with Crippen LogP contribution in [-0.2, 0) is 4.79 Å². The van der Waals surface area contributed by atoms with Crippen molar-refractivity contribution in [1.29, 1.82) is 0 Å². The molecule has 0 spiro atoms. The van der Waals surface area contributed by atoms with Gasteiger partial charge in [0.25, 0.3) is 0 Å². The highest BCUT2D eigenvalue weighted by molar-refractivity contribution is 6.89. The predicted molar refractivity (Wildman–Crippen MR) is 61.0 cm³/mol. The van der Waals surface area contributed by atoms with Crippen LogP contribution in [0.25, 0.3) is 0 Å². The van der Waals surface area contributed by atoms with Crippen LogP contribution < -0.4 is 0 Å². The maximum atomic E-state index is 10.7. The van der Waals surface area contributed by atoms with Gasteiger partial charge < -0.3 is 9.34 Å². The molecule has 0 radical (unpaired) electrons. The molecule has 0 aromatic heterocycles. The monoisotopic (exact) mass is 219 g/mol. The maximum Gasteiger partial charge on any atom is 0.316 e. The molecule has 0 aromatic rings. The van der Waals surface area contributed by atoms with Crippen molar-refractivity contribution in [3.05, 3.63) is 0 Å². The number of carboxylic acids is 1. The van der Waals surface area contributed by atoms with Gasteiger partial charge in [0, 0.05) is 0 Å². The van der Waals surface area contributed by atoms with E-state index in [0.29, 0.717) is 0 Å².